The number of aromatic amines is 1. The van der Waals surface area contributed by atoms with Gasteiger partial charge in [-0.3, -0.25) is 9.82 Å². The van der Waals surface area contributed by atoms with Gasteiger partial charge in [0.25, 0.3) is 10.0 Å². The summed E-state index contributed by atoms with van der Waals surface area (Å²) in [5.41, 5.74) is 0.797. The van der Waals surface area contributed by atoms with Gasteiger partial charge in [0.15, 0.2) is 5.82 Å². The Morgan fingerprint density at radius 2 is 2.12 bits per heavy atom. The molecule has 0 aromatic carbocycles. The first kappa shape index (κ1) is 12.6. The molecule has 2 aromatic heterocycles. The lowest BCUT2D eigenvalue weighted by Crippen LogP contribution is -2.13. The zero-order valence-electron chi connectivity index (χ0n) is 9.11. The molecule has 0 aliphatic heterocycles. The van der Waals surface area contributed by atoms with Gasteiger partial charge < -0.3 is 0 Å². The van der Waals surface area contributed by atoms with Gasteiger partial charge in [0, 0.05) is 16.6 Å². The number of aromatic nitrogens is 2. The molecule has 2 aromatic rings. The molecule has 0 bridgehead atoms. The summed E-state index contributed by atoms with van der Waals surface area (Å²) in [5.74, 6) is 0.296. The zero-order chi connectivity index (χ0) is 12.6. The summed E-state index contributed by atoms with van der Waals surface area (Å²) in [6.45, 7) is 3.57. The fourth-order valence-corrected chi connectivity index (χ4v) is 4.77. The second-order valence-electron chi connectivity index (χ2n) is 3.51. The average molecular weight is 336 g/mol. The van der Waals surface area contributed by atoms with Gasteiger partial charge in [0.1, 0.15) is 4.90 Å². The summed E-state index contributed by atoms with van der Waals surface area (Å²) >= 11 is 4.65. The van der Waals surface area contributed by atoms with Gasteiger partial charge >= 0.3 is 0 Å². The third kappa shape index (κ3) is 2.70. The van der Waals surface area contributed by atoms with Crippen LogP contribution in [-0.4, -0.2) is 18.6 Å². The number of hydrogen-bond donors (Lipinski definition) is 2. The van der Waals surface area contributed by atoms with Crippen LogP contribution in [0.5, 0.6) is 0 Å². The molecule has 2 N–H and O–H groups in total. The molecular weight excluding hydrogens is 326 g/mol. The standard InChI is InChI=1S/C9H10BrN3O2S2/c1-5-3-9(12-11-5)13-17(14,15)7-4-8(10)16-6(7)2/h3-4H,1-2H3,(H2,11,12,13). The Morgan fingerprint density at radius 1 is 1.41 bits per heavy atom. The van der Waals surface area contributed by atoms with Crippen LogP contribution < -0.4 is 4.72 Å². The number of nitrogens with one attached hydrogen (secondary N) is 2. The van der Waals surface area contributed by atoms with Crippen molar-refractivity contribution in [1.29, 1.82) is 0 Å². The third-order valence-electron chi connectivity index (χ3n) is 2.08. The lowest BCUT2D eigenvalue weighted by atomic mass is 10.5. The first-order valence-electron chi connectivity index (χ1n) is 4.69. The Bertz CT molecular complexity index is 645. The van der Waals surface area contributed by atoms with Gasteiger partial charge in [-0.15, -0.1) is 11.3 Å². The molecular formula is C9H10BrN3O2S2. The van der Waals surface area contributed by atoms with Crippen molar-refractivity contribution in [2.24, 2.45) is 0 Å². The van der Waals surface area contributed by atoms with Gasteiger partial charge in [0.2, 0.25) is 0 Å². The molecule has 8 heteroatoms. The maximum atomic E-state index is 12.1. The fraction of sp³-hybridized carbons (Fsp3) is 0.222. The van der Waals surface area contributed by atoms with Crippen molar-refractivity contribution in [3.05, 3.63) is 26.5 Å². The number of anilines is 1. The predicted octanol–water partition coefficient (Wildman–Crippen LogP) is 2.65. The number of halogens is 1. The summed E-state index contributed by atoms with van der Waals surface area (Å²) in [7, 11) is -3.56. The van der Waals surface area contributed by atoms with Crippen LogP contribution in [0.1, 0.15) is 10.6 Å². The van der Waals surface area contributed by atoms with E-state index in [2.05, 4.69) is 30.8 Å². The second-order valence-corrected chi connectivity index (χ2v) is 7.80. The Balaban J connectivity index is 2.34. The van der Waals surface area contributed by atoms with Crippen molar-refractivity contribution < 1.29 is 8.42 Å². The molecule has 92 valence electrons. The van der Waals surface area contributed by atoms with Gasteiger partial charge in [0.05, 0.1) is 3.79 Å². The highest BCUT2D eigenvalue weighted by Gasteiger charge is 2.20. The van der Waals surface area contributed by atoms with E-state index in [4.69, 9.17) is 0 Å². The Kier molecular flexibility index (Phi) is 3.28. The van der Waals surface area contributed by atoms with Gasteiger partial charge in [-0.05, 0) is 35.8 Å². The minimum atomic E-state index is -3.56. The van der Waals surface area contributed by atoms with Crippen LogP contribution in [0.3, 0.4) is 0 Å². The quantitative estimate of drug-likeness (QED) is 0.905. The van der Waals surface area contributed by atoms with Crippen LogP contribution in [-0.2, 0) is 10.0 Å². The number of rotatable bonds is 3. The summed E-state index contributed by atoms with van der Waals surface area (Å²) in [6.07, 6.45) is 0. The average Bonchev–Trinajstić information content (AvgIpc) is 2.72. The van der Waals surface area contributed by atoms with E-state index in [-0.39, 0.29) is 4.90 Å². The van der Waals surface area contributed by atoms with Crippen molar-refractivity contribution in [2.45, 2.75) is 18.7 Å². The van der Waals surface area contributed by atoms with E-state index in [1.54, 1.807) is 26.0 Å². The Hall–Kier alpha value is -0.860. The smallest absolute Gasteiger partial charge is 0.264 e. The van der Waals surface area contributed by atoms with E-state index in [9.17, 15) is 8.42 Å². The predicted molar refractivity (Wildman–Crippen MR) is 70.9 cm³/mol. The van der Waals surface area contributed by atoms with Crippen LogP contribution in [0.2, 0.25) is 0 Å². The van der Waals surface area contributed by atoms with Crippen LogP contribution in [0, 0.1) is 13.8 Å². The van der Waals surface area contributed by atoms with Crippen molar-refractivity contribution in [3.63, 3.8) is 0 Å². The highest BCUT2D eigenvalue weighted by Crippen LogP contribution is 2.30. The lowest BCUT2D eigenvalue weighted by Gasteiger charge is -2.03. The third-order valence-corrected chi connectivity index (χ3v) is 5.24. The maximum absolute atomic E-state index is 12.1. The fourth-order valence-electron chi connectivity index (χ4n) is 1.36. The first-order valence-corrected chi connectivity index (χ1v) is 7.78. The largest absolute Gasteiger partial charge is 0.281 e. The van der Waals surface area contributed by atoms with E-state index < -0.39 is 10.0 Å². The molecule has 17 heavy (non-hydrogen) atoms. The topological polar surface area (TPSA) is 74.8 Å². The summed E-state index contributed by atoms with van der Waals surface area (Å²) in [5, 5.41) is 6.52. The molecule has 0 unspecified atom stereocenters. The van der Waals surface area contributed by atoms with Crippen molar-refractivity contribution >= 4 is 43.1 Å². The summed E-state index contributed by atoms with van der Waals surface area (Å²) in [4.78, 5) is 1.01. The molecule has 0 saturated heterocycles. The molecule has 0 aliphatic rings. The molecule has 5 nitrogen and oxygen atoms in total. The van der Waals surface area contributed by atoms with Crippen molar-refractivity contribution in [2.75, 3.05) is 4.72 Å². The molecule has 0 amide bonds. The number of aryl methyl sites for hydroxylation is 2. The summed E-state index contributed by atoms with van der Waals surface area (Å²) in [6, 6.07) is 3.22. The van der Waals surface area contributed by atoms with Crippen molar-refractivity contribution in [1.82, 2.24) is 10.2 Å². The molecule has 0 saturated carbocycles. The first-order chi connectivity index (χ1) is 7.88. The molecule has 2 heterocycles. The molecule has 0 radical (unpaired) electrons. The van der Waals surface area contributed by atoms with Gasteiger partial charge in [-0.1, -0.05) is 0 Å². The number of H-pyrrole nitrogens is 1. The van der Waals surface area contributed by atoms with E-state index in [0.717, 1.165) is 14.4 Å². The van der Waals surface area contributed by atoms with E-state index in [1.165, 1.54) is 11.3 Å². The monoisotopic (exact) mass is 335 g/mol. The second kappa shape index (κ2) is 4.43. The minimum Gasteiger partial charge on any atom is -0.281 e. The highest BCUT2D eigenvalue weighted by molar-refractivity contribution is 9.11. The zero-order valence-corrected chi connectivity index (χ0v) is 12.3. The Labute approximate surface area is 111 Å². The van der Waals surface area contributed by atoms with E-state index >= 15 is 0 Å². The lowest BCUT2D eigenvalue weighted by molar-refractivity contribution is 0.601. The molecule has 2 rings (SSSR count). The van der Waals surface area contributed by atoms with Crippen LogP contribution in [0.15, 0.2) is 20.8 Å². The minimum absolute atomic E-state index is 0.273. The van der Waals surface area contributed by atoms with E-state index in [0.29, 0.717) is 5.82 Å². The SMILES string of the molecule is Cc1cc(NS(=O)(=O)c2cc(Br)sc2C)n[nH]1. The number of sulfonamides is 1. The molecule has 0 atom stereocenters. The van der Waals surface area contributed by atoms with Gasteiger partial charge in [-0.2, -0.15) is 5.10 Å². The maximum Gasteiger partial charge on any atom is 0.264 e. The number of thiophene rings is 1. The Morgan fingerprint density at radius 3 is 2.59 bits per heavy atom. The molecule has 0 spiro atoms. The molecule has 0 fully saturated rings. The number of hydrogen-bond acceptors (Lipinski definition) is 4. The summed E-state index contributed by atoms with van der Waals surface area (Å²) < 4.78 is 27.3. The molecule has 0 aliphatic carbocycles. The van der Waals surface area contributed by atoms with Crippen LogP contribution in [0.25, 0.3) is 0 Å². The van der Waals surface area contributed by atoms with Crippen molar-refractivity contribution in [3.8, 4) is 0 Å². The highest BCUT2D eigenvalue weighted by atomic mass is 79.9. The van der Waals surface area contributed by atoms with Gasteiger partial charge in [-0.25, -0.2) is 8.42 Å². The normalized spacial score (nSPS) is 11.7. The van der Waals surface area contributed by atoms with E-state index in [1.807, 2.05) is 0 Å². The number of nitrogens with zero attached hydrogens (tertiary/aromatic N) is 1. The van der Waals surface area contributed by atoms with Crippen LogP contribution in [0.4, 0.5) is 5.82 Å². The van der Waals surface area contributed by atoms with Crippen LogP contribution >= 0.6 is 27.3 Å².